The smallest absolute Gasteiger partial charge is 0.333 e. The van der Waals surface area contributed by atoms with Crippen molar-refractivity contribution < 1.29 is 22.7 Å². The third-order valence-electron chi connectivity index (χ3n) is 6.70. The molecule has 0 bridgehead atoms. The Morgan fingerprint density at radius 3 is 2.73 bits per heavy atom. The van der Waals surface area contributed by atoms with Crippen LogP contribution in [0.1, 0.15) is 67.2 Å². The molecular weight excluding hydrogens is 404 g/mol. The van der Waals surface area contributed by atoms with Crippen LogP contribution >= 0.6 is 0 Å². The molecule has 5 rings (SSSR count). The number of aryl methyl sites for hydroxylation is 1. The molecule has 2 aromatic rings. The van der Waals surface area contributed by atoms with Crippen molar-refractivity contribution in [3.8, 4) is 0 Å². The van der Waals surface area contributed by atoms with E-state index >= 15 is 0 Å². The molecule has 1 aromatic carbocycles. The summed E-state index contributed by atoms with van der Waals surface area (Å²) in [5.41, 5.74) is 3.58. The molecule has 0 aliphatic heterocycles. The van der Waals surface area contributed by atoms with Crippen molar-refractivity contribution in [2.75, 3.05) is 5.32 Å². The van der Waals surface area contributed by atoms with Crippen LogP contribution in [0.5, 0.6) is 0 Å². The van der Waals surface area contributed by atoms with Crippen LogP contribution in [0.25, 0.3) is 0 Å². The molecule has 0 unspecified atom stereocenters. The number of anilines is 1. The van der Waals surface area contributed by atoms with Crippen molar-refractivity contribution in [1.29, 1.82) is 0 Å². The number of hydrogen-bond acceptors (Lipinski definition) is 5. The molecule has 3 N–H and O–H groups in total. The number of furan rings is 1. The molecule has 2 amide bonds. The van der Waals surface area contributed by atoms with Gasteiger partial charge in [0.05, 0.1) is 11.9 Å². The fraction of sp³-hybridized carbons (Fsp3) is 0.500. The summed E-state index contributed by atoms with van der Waals surface area (Å²) in [6, 6.07) is 4.70. The fourth-order valence-corrected chi connectivity index (χ4v) is 5.33. The van der Waals surface area contributed by atoms with E-state index < -0.39 is 21.7 Å². The van der Waals surface area contributed by atoms with E-state index in [9.17, 15) is 18.3 Å². The minimum absolute atomic E-state index is 0.315. The van der Waals surface area contributed by atoms with Crippen LogP contribution in [-0.4, -0.2) is 19.6 Å². The normalized spacial score (nSPS) is 20.5. The van der Waals surface area contributed by atoms with Gasteiger partial charge in [0.2, 0.25) is 5.09 Å². The lowest BCUT2D eigenvalue weighted by molar-refractivity contribution is 0.150. The number of benzene rings is 1. The fourth-order valence-electron chi connectivity index (χ4n) is 4.48. The number of urea groups is 1. The summed E-state index contributed by atoms with van der Waals surface area (Å²) in [5, 5.41) is 12.6. The van der Waals surface area contributed by atoms with E-state index in [1.54, 1.807) is 0 Å². The summed E-state index contributed by atoms with van der Waals surface area (Å²) in [4.78, 5) is 12.7. The standard InChI is InChI=1S/C22H26N2O5S/c1-13(14-5-6-14)17-8-7-15-3-2-4-18(15)20(17)23-21(25)24-30(27,28)19-11-16(12-29-19)22(26)9-10-22/h7-8,11-14,26H,2-6,9-10H2,1H3,(H2,23,24,25)/t13-/m0/s1. The highest BCUT2D eigenvalue weighted by atomic mass is 32.2. The molecule has 2 fully saturated rings. The van der Waals surface area contributed by atoms with Gasteiger partial charge in [-0.2, -0.15) is 8.42 Å². The summed E-state index contributed by atoms with van der Waals surface area (Å²) in [7, 11) is -4.18. The molecule has 7 nitrogen and oxygen atoms in total. The first-order valence-electron chi connectivity index (χ1n) is 10.6. The van der Waals surface area contributed by atoms with Crippen molar-refractivity contribution >= 4 is 21.7 Å². The molecule has 1 heterocycles. The number of amides is 2. The van der Waals surface area contributed by atoms with E-state index in [2.05, 4.69) is 29.1 Å². The average Bonchev–Trinajstić information content (AvgIpc) is 3.56. The van der Waals surface area contributed by atoms with Gasteiger partial charge in [0, 0.05) is 17.3 Å². The largest absolute Gasteiger partial charge is 0.451 e. The lowest BCUT2D eigenvalue weighted by atomic mass is 9.91. The lowest BCUT2D eigenvalue weighted by Gasteiger charge is -2.20. The zero-order valence-corrected chi connectivity index (χ0v) is 17.7. The number of nitrogens with one attached hydrogen (secondary N) is 2. The Balaban J connectivity index is 1.37. The Morgan fingerprint density at radius 2 is 2.03 bits per heavy atom. The van der Waals surface area contributed by atoms with Crippen molar-refractivity contribution in [2.24, 2.45) is 5.92 Å². The number of aliphatic hydroxyl groups is 1. The maximum atomic E-state index is 12.7. The molecule has 3 aliphatic carbocycles. The predicted molar refractivity (Wildman–Crippen MR) is 111 cm³/mol. The van der Waals surface area contributed by atoms with Crippen molar-refractivity contribution in [3.05, 3.63) is 46.7 Å². The zero-order chi connectivity index (χ0) is 21.1. The Morgan fingerprint density at radius 1 is 1.27 bits per heavy atom. The molecule has 8 heteroatoms. The van der Waals surface area contributed by atoms with Crippen molar-refractivity contribution in [2.45, 2.75) is 68.5 Å². The number of rotatable bonds is 6. The minimum atomic E-state index is -4.18. The SMILES string of the molecule is C[C@H](c1ccc2c(c1NC(=O)NS(=O)(=O)c1cc(C3(O)CC3)co1)CCC2)C1CC1. The highest BCUT2D eigenvalue weighted by molar-refractivity contribution is 7.89. The summed E-state index contributed by atoms with van der Waals surface area (Å²) < 4.78 is 32.4. The quantitative estimate of drug-likeness (QED) is 0.646. The van der Waals surface area contributed by atoms with Gasteiger partial charge in [0.1, 0.15) is 0 Å². The predicted octanol–water partition coefficient (Wildman–Crippen LogP) is 3.77. The van der Waals surface area contributed by atoms with Gasteiger partial charge in [-0.05, 0) is 73.5 Å². The summed E-state index contributed by atoms with van der Waals surface area (Å²) in [6.07, 6.45) is 7.63. The topological polar surface area (TPSA) is 109 Å². The first-order valence-corrected chi connectivity index (χ1v) is 12.0. The molecule has 2 saturated carbocycles. The third-order valence-corrected chi connectivity index (χ3v) is 7.90. The zero-order valence-electron chi connectivity index (χ0n) is 16.9. The maximum Gasteiger partial charge on any atom is 0.333 e. The van der Waals surface area contributed by atoms with E-state index in [0.717, 1.165) is 36.1 Å². The second kappa shape index (κ2) is 6.85. The van der Waals surface area contributed by atoms with E-state index in [0.29, 0.717) is 30.2 Å². The Kier molecular flexibility index (Phi) is 4.48. The first kappa shape index (κ1) is 19.6. The molecule has 3 aliphatic rings. The number of carbonyl (C=O) groups is 1. The monoisotopic (exact) mass is 430 g/mol. The van der Waals surface area contributed by atoms with E-state index in [1.807, 2.05) is 0 Å². The van der Waals surface area contributed by atoms with Gasteiger partial charge in [0.25, 0.3) is 10.0 Å². The molecule has 0 radical (unpaired) electrons. The Labute approximate surface area is 175 Å². The van der Waals surface area contributed by atoms with Crippen LogP contribution in [0.4, 0.5) is 10.5 Å². The molecule has 0 spiro atoms. The second-order valence-electron chi connectivity index (χ2n) is 8.89. The van der Waals surface area contributed by atoms with Crippen LogP contribution in [0.2, 0.25) is 0 Å². The summed E-state index contributed by atoms with van der Waals surface area (Å²) >= 11 is 0. The number of carbonyl (C=O) groups excluding carboxylic acids is 1. The van der Waals surface area contributed by atoms with Gasteiger partial charge in [-0.1, -0.05) is 19.1 Å². The van der Waals surface area contributed by atoms with Crippen LogP contribution < -0.4 is 10.0 Å². The average molecular weight is 431 g/mol. The van der Waals surface area contributed by atoms with Gasteiger partial charge in [0.15, 0.2) is 0 Å². The molecule has 160 valence electrons. The highest BCUT2D eigenvalue weighted by Crippen LogP contribution is 2.47. The molecule has 0 saturated heterocycles. The summed E-state index contributed by atoms with van der Waals surface area (Å²) in [5.74, 6) is 0.932. The van der Waals surface area contributed by atoms with E-state index in [-0.39, 0.29) is 5.09 Å². The Hall–Kier alpha value is -2.32. The van der Waals surface area contributed by atoms with Crippen LogP contribution in [-0.2, 0) is 28.5 Å². The number of fused-ring (bicyclic) bond motifs is 1. The first-order chi connectivity index (χ1) is 14.3. The second-order valence-corrected chi connectivity index (χ2v) is 10.5. The molecule has 30 heavy (non-hydrogen) atoms. The van der Waals surface area contributed by atoms with Crippen molar-refractivity contribution in [3.63, 3.8) is 0 Å². The van der Waals surface area contributed by atoms with Gasteiger partial charge >= 0.3 is 6.03 Å². The third kappa shape index (κ3) is 3.52. The van der Waals surface area contributed by atoms with Crippen LogP contribution in [0.3, 0.4) is 0 Å². The molecular formula is C22H26N2O5S. The minimum Gasteiger partial charge on any atom is -0.451 e. The van der Waals surface area contributed by atoms with E-state index in [4.69, 9.17) is 4.42 Å². The van der Waals surface area contributed by atoms with Gasteiger partial charge in [-0.3, -0.25) is 0 Å². The van der Waals surface area contributed by atoms with Gasteiger partial charge < -0.3 is 14.8 Å². The Bertz CT molecular complexity index is 1110. The lowest BCUT2D eigenvalue weighted by Crippen LogP contribution is -2.34. The van der Waals surface area contributed by atoms with Gasteiger partial charge in [-0.25, -0.2) is 9.52 Å². The number of sulfonamides is 1. The van der Waals surface area contributed by atoms with Crippen LogP contribution in [0, 0.1) is 5.92 Å². The van der Waals surface area contributed by atoms with Crippen LogP contribution in [0.15, 0.2) is 34.0 Å². The number of hydrogen-bond donors (Lipinski definition) is 3. The molecule has 1 aromatic heterocycles. The summed E-state index contributed by atoms with van der Waals surface area (Å²) in [6.45, 7) is 2.17. The molecule has 1 atom stereocenters. The van der Waals surface area contributed by atoms with Gasteiger partial charge in [-0.15, -0.1) is 0 Å². The highest BCUT2D eigenvalue weighted by Gasteiger charge is 2.44. The maximum absolute atomic E-state index is 12.7. The van der Waals surface area contributed by atoms with Crippen molar-refractivity contribution in [1.82, 2.24) is 4.72 Å². The van der Waals surface area contributed by atoms with E-state index in [1.165, 1.54) is 30.7 Å².